The van der Waals surface area contributed by atoms with Crippen molar-refractivity contribution in [2.24, 2.45) is 0 Å². The van der Waals surface area contributed by atoms with Gasteiger partial charge in [0.05, 0.1) is 15.8 Å². The Labute approximate surface area is 144 Å². The molecule has 1 fully saturated rings. The van der Waals surface area contributed by atoms with Crippen LogP contribution in [0.5, 0.6) is 0 Å². The van der Waals surface area contributed by atoms with Crippen LogP contribution in [0, 0.1) is 0 Å². The average molecular weight is 383 g/mol. The van der Waals surface area contributed by atoms with Crippen LogP contribution in [0.1, 0.15) is 0 Å². The first-order valence-electron chi connectivity index (χ1n) is 6.59. The van der Waals surface area contributed by atoms with E-state index in [4.69, 9.17) is 23.2 Å². The maximum Gasteiger partial charge on any atom is 0.246 e. The van der Waals surface area contributed by atoms with Crippen LogP contribution in [0.25, 0.3) is 0 Å². The van der Waals surface area contributed by atoms with Gasteiger partial charge < -0.3 is 4.90 Å². The van der Waals surface area contributed by atoms with Crippen molar-refractivity contribution in [1.29, 1.82) is 0 Å². The summed E-state index contributed by atoms with van der Waals surface area (Å²) in [6.45, 7) is 1.23. The second kappa shape index (κ2) is 7.40. The van der Waals surface area contributed by atoms with Crippen LogP contribution in [0.2, 0.25) is 10.0 Å². The van der Waals surface area contributed by atoms with E-state index >= 15 is 0 Å². The highest BCUT2D eigenvalue weighted by Crippen LogP contribution is 2.31. The summed E-state index contributed by atoms with van der Waals surface area (Å²) in [5.41, 5.74) is 0. The molecule has 1 aliphatic heterocycles. The minimum atomic E-state index is -3.76. The summed E-state index contributed by atoms with van der Waals surface area (Å²) in [4.78, 5) is 13.4. The van der Waals surface area contributed by atoms with Crippen LogP contribution in [0.3, 0.4) is 0 Å². The molecule has 22 heavy (non-hydrogen) atoms. The third-order valence-corrected chi connectivity index (χ3v) is 6.77. The second-order valence-electron chi connectivity index (χ2n) is 4.77. The highest BCUT2D eigenvalue weighted by Gasteiger charge is 2.32. The summed E-state index contributed by atoms with van der Waals surface area (Å²) < 4.78 is 26.7. The zero-order chi connectivity index (χ0) is 16.3. The van der Waals surface area contributed by atoms with E-state index < -0.39 is 10.0 Å². The summed E-state index contributed by atoms with van der Waals surface area (Å²) >= 11 is 13.4. The number of benzene rings is 1. The van der Waals surface area contributed by atoms with Crippen LogP contribution in [-0.2, 0) is 14.8 Å². The summed E-state index contributed by atoms with van der Waals surface area (Å²) in [5.74, 6) is 0.434. The molecule has 5 nitrogen and oxygen atoms in total. The average Bonchev–Trinajstić information content (AvgIpc) is 2.47. The van der Waals surface area contributed by atoms with E-state index in [1.54, 1.807) is 11.0 Å². The van der Waals surface area contributed by atoms with Crippen molar-refractivity contribution in [3.05, 3.63) is 28.2 Å². The molecule has 1 amide bonds. The van der Waals surface area contributed by atoms with Crippen LogP contribution >= 0.6 is 35.0 Å². The minimum absolute atomic E-state index is 0.0281. The van der Waals surface area contributed by atoms with Gasteiger partial charge in [-0.3, -0.25) is 4.79 Å². The Bertz CT molecular complexity index is 639. The third-order valence-electron chi connectivity index (χ3n) is 3.38. The van der Waals surface area contributed by atoms with E-state index in [9.17, 15) is 13.2 Å². The Morgan fingerprint density at radius 2 is 1.73 bits per heavy atom. The quantitative estimate of drug-likeness (QED) is 0.800. The van der Waals surface area contributed by atoms with Crippen LogP contribution in [0.15, 0.2) is 23.1 Å². The molecule has 122 valence electrons. The standard InChI is InChI=1S/C13H16Cl2N2O3S2/c1-21-9-12(18)16-5-7-17(8-6-16)22(19,20)13-10(14)3-2-4-11(13)15/h2-4H,5-9H2,1H3. The van der Waals surface area contributed by atoms with Crippen molar-refractivity contribution in [2.75, 3.05) is 38.2 Å². The largest absolute Gasteiger partial charge is 0.339 e. The van der Waals surface area contributed by atoms with Crippen LogP contribution < -0.4 is 0 Å². The smallest absolute Gasteiger partial charge is 0.246 e. The van der Waals surface area contributed by atoms with Gasteiger partial charge in [-0.1, -0.05) is 29.3 Å². The molecule has 1 aromatic carbocycles. The summed E-state index contributed by atoms with van der Waals surface area (Å²) in [6, 6.07) is 4.60. The number of hydrogen-bond donors (Lipinski definition) is 0. The number of carbonyl (C=O) groups excluding carboxylic acids is 1. The van der Waals surface area contributed by atoms with Crippen LogP contribution in [0.4, 0.5) is 0 Å². The molecular weight excluding hydrogens is 367 g/mol. The molecule has 0 saturated carbocycles. The van der Waals surface area contributed by atoms with Crippen molar-refractivity contribution >= 4 is 50.9 Å². The molecule has 0 radical (unpaired) electrons. The second-order valence-corrected chi connectivity index (χ2v) is 8.32. The molecule has 0 spiro atoms. The molecule has 0 unspecified atom stereocenters. The van der Waals surface area contributed by atoms with Gasteiger partial charge in [0.1, 0.15) is 4.90 Å². The minimum Gasteiger partial charge on any atom is -0.339 e. The highest BCUT2D eigenvalue weighted by molar-refractivity contribution is 7.99. The van der Waals surface area contributed by atoms with E-state index in [1.165, 1.54) is 28.2 Å². The molecule has 0 N–H and O–H groups in total. The van der Waals surface area contributed by atoms with Crippen molar-refractivity contribution in [3.63, 3.8) is 0 Å². The first-order chi connectivity index (χ1) is 10.4. The van der Waals surface area contributed by atoms with Gasteiger partial charge in [-0.05, 0) is 18.4 Å². The molecule has 0 aromatic heterocycles. The number of hydrogen-bond acceptors (Lipinski definition) is 4. The zero-order valence-corrected chi connectivity index (χ0v) is 15.1. The van der Waals surface area contributed by atoms with Gasteiger partial charge >= 0.3 is 0 Å². The third kappa shape index (κ3) is 3.71. The van der Waals surface area contributed by atoms with Gasteiger partial charge in [0.2, 0.25) is 15.9 Å². The molecule has 9 heteroatoms. The fourth-order valence-electron chi connectivity index (χ4n) is 2.25. The number of nitrogens with zero attached hydrogens (tertiary/aromatic N) is 2. The molecule has 1 aromatic rings. The number of thioether (sulfide) groups is 1. The predicted molar refractivity (Wildman–Crippen MR) is 90.2 cm³/mol. The lowest BCUT2D eigenvalue weighted by Gasteiger charge is -2.34. The van der Waals surface area contributed by atoms with Gasteiger partial charge in [-0.15, -0.1) is 0 Å². The van der Waals surface area contributed by atoms with E-state index in [0.29, 0.717) is 18.8 Å². The van der Waals surface area contributed by atoms with Gasteiger partial charge in [-0.25, -0.2) is 8.42 Å². The molecule has 1 saturated heterocycles. The number of rotatable bonds is 4. The van der Waals surface area contributed by atoms with Crippen molar-refractivity contribution in [1.82, 2.24) is 9.21 Å². The SMILES string of the molecule is CSCC(=O)N1CCN(S(=O)(=O)c2c(Cl)cccc2Cl)CC1. The number of carbonyl (C=O) groups is 1. The monoisotopic (exact) mass is 382 g/mol. The fraction of sp³-hybridized carbons (Fsp3) is 0.462. The summed E-state index contributed by atoms with van der Waals surface area (Å²) in [5, 5.41) is 0.210. The topological polar surface area (TPSA) is 57.7 Å². The number of amides is 1. The van der Waals surface area contributed by atoms with Gasteiger partial charge in [0, 0.05) is 26.2 Å². The summed E-state index contributed by atoms with van der Waals surface area (Å²) in [7, 11) is -3.76. The highest BCUT2D eigenvalue weighted by atomic mass is 35.5. The van der Waals surface area contributed by atoms with Gasteiger partial charge in [0.25, 0.3) is 0 Å². The van der Waals surface area contributed by atoms with Crippen LogP contribution in [-0.4, -0.2) is 61.7 Å². The Balaban J connectivity index is 2.15. The molecule has 0 atom stereocenters. The van der Waals surface area contributed by atoms with E-state index in [0.717, 1.165) is 0 Å². The first-order valence-corrected chi connectivity index (χ1v) is 10.2. The molecular formula is C13H16Cl2N2O3S2. The van der Waals surface area contributed by atoms with Crippen molar-refractivity contribution in [2.45, 2.75) is 4.90 Å². The molecule has 1 aliphatic rings. The molecule has 2 rings (SSSR count). The van der Waals surface area contributed by atoms with Crippen molar-refractivity contribution in [3.8, 4) is 0 Å². The molecule has 1 heterocycles. The maximum absolute atomic E-state index is 12.7. The Hall–Kier alpha value is -0.470. The number of sulfonamides is 1. The van der Waals surface area contributed by atoms with Gasteiger partial charge in [0.15, 0.2) is 0 Å². The normalized spacial score (nSPS) is 16.8. The Morgan fingerprint density at radius 1 is 1.18 bits per heavy atom. The van der Waals surface area contributed by atoms with E-state index in [1.807, 2.05) is 6.26 Å². The lowest BCUT2D eigenvalue weighted by atomic mass is 10.3. The van der Waals surface area contributed by atoms with Crippen molar-refractivity contribution < 1.29 is 13.2 Å². The molecule has 0 aliphatic carbocycles. The Kier molecular flexibility index (Phi) is 6.01. The van der Waals surface area contributed by atoms with Gasteiger partial charge in [-0.2, -0.15) is 16.1 Å². The Morgan fingerprint density at radius 3 is 2.23 bits per heavy atom. The van der Waals surface area contributed by atoms with E-state index in [-0.39, 0.29) is 33.9 Å². The number of piperazine rings is 1. The van der Waals surface area contributed by atoms with E-state index in [2.05, 4.69) is 0 Å². The lowest BCUT2D eigenvalue weighted by molar-refractivity contribution is -0.129. The predicted octanol–water partition coefficient (Wildman–Crippen LogP) is 2.19. The number of halogens is 2. The zero-order valence-electron chi connectivity index (χ0n) is 12.0. The maximum atomic E-state index is 12.7. The summed E-state index contributed by atoms with van der Waals surface area (Å²) in [6.07, 6.45) is 1.86. The first kappa shape index (κ1) is 17.9. The molecule has 0 bridgehead atoms. The lowest BCUT2D eigenvalue weighted by Crippen LogP contribution is -2.51. The fourth-order valence-corrected chi connectivity index (χ4v) is 5.19.